The van der Waals surface area contributed by atoms with E-state index >= 15 is 0 Å². The van der Waals surface area contributed by atoms with Crippen molar-refractivity contribution in [2.75, 3.05) is 0 Å². The van der Waals surface area contributed by atoms with Crippen LogP contribution in [-0.2, 0) is 0 Å². The van der Waals surface area contributed by atoms with Gasteiger partial charge in [0.15, 0.2) is 0 Å². The molecule has 1 amide bonds. The Bertz CT molecular complexity index is 697. The molecule has 78 valence electrons. The minimum Gasteiger partial charge on any atom is -0.364 e. The molecule has 0 bridgehead atoms. The van der Waals surface area contributed by atoms with Gasteiger partial charge in [-0.25, -0.2) is 0 Å². The minimum absolute atomic E-state index is 0.430. The normalized spacial score (nSPS) is 11.0. The van der Waals surface area contributed by atoms with Gasteiger partial charge in [0.05, 0.1) is 5.52 Å². The summed E-state index contributed by atoms with van der Waals surface area (Å²) in [7, 11) is 0. The number of H-pyrrole nitrogens is 1. The van der Waals surface area contributed by atoms with Crippen LogP contribution in [0.4, 0.5) is 0 Å². The first-order chi connectivity index (χ1) is 7.75. The van der Waals surface area contributed by atoms with Gasteiger partial charge in [-0.1, -0.05) is 36.4 Å². The van der Waals surface area contributed by atoms with E-state index in [0.717, 1.165) is 21.7 Å². The number of fused-ring (bicyclic) bond motifs is 3. The van der Waals surface area contributed by atoms with Gasteiger partial charge in [0.1, 0.15) is 5.69 Å². The lowest BCUT2D eigenvalue weighted by Gasteiger charge is -1.98. The minimum atomic E-state index is -0.430. The van der Waals surface area contributed by atoms with E-state index in [1.165, 1.54) is 0 Å². The Kier molecular flexibility index (Phi) is 1.74. The number of carbonyl (C=O) groups excluding carboxylic acids is 1. The molecule has 0 fully saturated rings. The molecular weight excluding hydrogens is 200 g/mol. The van der Waals surface area contributed by atoms with E-state index in [2.05, 4.69) is 4.98 Å². The third kappa shape index (κ3) is 1.18. The molecule has 0 radical (unpaired) electrons. The maximum atomic E-state index is 11.1. The number of primary amides is 1. The van der Waals surface area contributed by atoms with Crippen molar-refractivity contribution in [3.63, 3.8) is 0 Å². The molecule has 0 spiro atoms. The SMILES string of the molecule is NC(=O)c1cc2ccc3ccccc3c2[nH]1. The van der Waals surface area contributed by atoms with Crippen molar-refractivity contribution in [2.45, 2.75) is 0 Å². The van der Waals surface area contributed by atoms with Gasteiger partial charge >= 0.3 is 0 Å². The molecule has 2 aromatic carbocycles. The zero-order valence-corrected chi connectivity index (χ0v) is 8.53. The van der Waals surface area contributed by atoms with Crippen LogP contribution in [-0.4, -0.2) is 10.9 Å². The number of hydrogen-bond donors (Lipinski definition) is 2. The van der Waals surface area contributed by atoms with Gasteiger partial charge in [0.2, 0.25) is 0 Å². The molecule has 0 saturated heterocycles. The Labute approximate surface area is 91.9 Å². The van der Waals surface area contributed by atoms with Crippen molar-refractivity contribution in [2.24, 2.45) is 5.73 Å². The topological polar surface area (TPSA) is 58.9 Å². The number of amides is 1. The highest BCUT2D eigenvalue weighted by Gasteiger charge is 2.07. The van der Waals surface area contributed by atoms with Crippen LogP contribution >= 0.6 is 0 Å². The largest absolute Gasteiger partial charge is 0.364 e. The Morgan fingerprint density at radius 1 is 1.06 bits per heavy atom. The fourth-order valence-corrected chi connectivity index (χ4v) is 2.01. The summed E-state index contributed by atoms with van der Waals surface area (Å²) in [6.07, 6.45) is 0. The smallest absolute Gasteiger partial charge is 0.265 e. The first kappa shape index (κ1) is 8.97. The van der Waals surface area contributed by atoms with Gasteiger partial charge in [-0.3, -0.25) is 4.79 Å². The van der Waals surface area contributed by atoms with Crippen molar-refractivity contribution in [3.05, 3.63) is 48.2 Å². The van der Waals surface area contributed by atoms with Crippen LogP contribution in [0, 0.1) is 0 Å². The fourth-order valence-electron chi connectivity index (χ4n) is 2.01. The summed E-state index contributed by atoms with van der Waals surface area (Å²) < 4.78 is 0. The summed E-state index contributed by atoms with van der Waals surface area (Å²) in [5.74, 6) is -0.430. The number of carbonyl (C=O) groups is 1. The third-order valence-electron chi connectivity index (χ3n) is 2.79. The van der Waals surface area contributed by atoms with Gasteiger partial charge < -0.3 is 10.7 Å². The summed E-state index contributed by atoms with van der Waals surface area (Å²) in [5.41, 5.74) is 6.67. The van der Waals surface area contributed by atoms with Gasteiger partial charge in [-0.15, -0.1) is 0 Å². The first-order valence-corrected chi connectivity index (χ1v) is 5.06. The van der Waals surface area contributed by atoms with Crippen LogP contribution in [0.1, 0.15) is 10.5 Å². The van der Waals surface area contributed by atoms with Crippen LogP contribution in [0.2, 0.25) is 0 Å². The second kappa shape index (κ2) is 3.10. The Morgan fingerprint density at radius 2 is 1.81 bits per heavy atom. The summed E-state index contributed by atoms with van der Waals surface area (Å²) in [6, 6.07) is 13.8. The van der Waals surface area contributed by atoms with Crippen molar-refractivity contribution < 1.29 is 4.79 Å². The zero-order chi connectivity index (χ0) is 11.1. The molecule has 3 rings (SSSR count). The molecule has 0 aliphatic rings. The molecule has 16 heavy (non-hydrogen) atoms. The molecule has 1 heterocycles. The molecule has 3 N–H and O–H groups in total. The molecule has 0 unspecified atom stereocenters. The van der Waals surface area contributed by atoms with Gasteiger partial charge in [-0.2, -0.15) is 0 Å². The maximum Gasteiger partial charge on any atom is 0.265 e. The molecule has 0 aliphatic heterocycles. The van der Waals surface area contributed by atoms with E-state index in [9.17, 15) is 4.79 Å². The molecule has 3 aromatic rings. The second-order valence-corrected chi connectivity index (χ2v) is 3.80. The lowest BCUT2D eigenvalue weighted by Crippen LogP contribution is -2.10. The van der Waals surface area contributed by atoms with E-state index in [1.54, 1.807) is 6.07 Å². The lowest BCUT2D eigenvalue weighted by atomic mass is 10.1. The van der Waals surface area contributed by atoms with Crippen molar-refractivity contribution in [1.29, 1.82) is 0 Å². The number of benzene rings is 2. The fraction of sp³-hybridized carbons (Fsp3) is 0. The van der Waals surface area contributed by atoms with Crippen molar-refractivity contribution in [3.8, 4) is 0 Å². The zero-order valence-electron chi connectivity index (χ0n) is 8.53. The van der Waals surface area contributed by atoms with Crippen LogP contribution in [0.15, 0.2) is 42.5 Å². The van der Waals surface area contributed by atoms with Gasteiger partial charge in [0, 0.05) is 10.8 Å². The van der Waals surface area contributed by atoms with Crippen LogP contribution in [0.5, 0.6) is 0 Å². The third-order valence-corrected chi connectivity index (χ3v) is 2.79. The van der Waals surface area contributed by atoms with E-state index in [0.29, 0.717) is 5.69 Å². The molecule has 0 saturated carbocycles. The van der Waals surface area contributed by atoms with E-state index < -0.39 is 5.91 Å². The number of nitrogens with two attached hydrogens (primary N) is 1. The number of aromatic amines is 1. The highest BCUT2D eigenvalue weighted by molar-refractivity contribution is 6.08. The molecule has 0 aliphatic carbocycles. The van der Waals surface area contributed by atoms with Crippen molar-refractivity contribution >= 4 is 27.6 Å². The average molecular weight is 210 g/mol. The number of rotatable bonds is 1. The van der Waals surface area contributed by atoms with E-state index in [4.69, 9.17) is 5.73 Å². The summed E-state index contributed by atoms with van der Waals surface area (Å²) >= 11 is 0. The Balaban J connectivity index is 2.46. The van der Waals surface area contributed by atoms with Crippen LogP contribution in [0.25, 0.3) is 21.7 Å². The molecule has 3 heteroatoms. The Morgan fingerprint density at radius 3 is 2.62 bits per heavy atom. The van der Waals surface area contributed by atoms with Gasteiger partial charge in [0.25, 0.3) is 5.91 Å². The predicted molar refractivity (Wildman–Crippen MR) is 64.3 cm³/mol. The standard InChI is InChI=1S/C13H10N2O/c14-13(16)11-7-9-6-5-8-3-1-2-4-10(8)12(9)15-11/h1-7,15H,(H2,14,16). The summed E-state index contributed by atoms with van der Waals surface area (Å²) in [5, 5.41) is 3.26. The number of aromatic nitrogens is 1. The second-order valence-electron chi connectivity index (χ2n) is 3.80. The molecular formula is C13H10N2O. The predicted octanol–water partition coefficient (Wildman–Crippen LogP) is 2.42. The summed E-state index contributed by atoms with van der Waals surface area (Å²) in [4.78, 5) is 14.2. The molecule has 1 aromatic heterocycles. The quantitative estimate of drug-likeness (QED) is 0.636. The van der Waals surface area contributed by atoms with Gasteiger partial charge in [-0.05, 0) is 11.5 Å². The van der Waals surface area contributed by atoms with Crippen LogP contribution < -0.4 is 5.73 Å². The average Bonchev–Trinajstić information content (AvgIpc) is 2.73. The van der Waals surface area contributed by atoms with Crippen LogP contribution in [0.3, 0.4) is 0 Å². The number of hydrogen-bond acceptors (Lipinski definition) is 1. The first-order valence-electron chi connectivity index (χ1n) is 5.06. The lowest BCUT2D eigenvalue weighted by molar-refractivity contribution is 0.0996. The Hall–Kier alpha value is -2.29. The highest BCUT2D eigenvalue weighted by atomic mass is 16.1. The van der Waals surface area contributed by atoms with E-state index in [-0.39, 0.29) is 0 Å². The van der Waals surface area contributed by atoms with E-state index in [1.807, 2.05) is 36.4 Å². The monoisotopic (exact) mass is 210 g/mol. The van der Waals surface area contributed by atoms with Crippen molar-refractivity contribution in [1.82, 2.24) is 4.98 Å². The molecule has 0 atom stereocenters. The highest BCUT2D eigenvalue weighted by Crippen LogP contribution is 2.25. The maximum absolute atomic E-state index is 11.1. The summed E-state index contributed by atoms with van der Waals surface area (Å²) in [6.45, 7) is 0. The number of nitrogens with one attached hydrogen (secondary N) is 1. The molecule has 3 nitrogen and oxygen atoms in total.